The zero-order chi connectivity index (χ0) is 21.3. The van der Waals surface area contributed by atoms with Gasteiger partial charge in [0.2, 0.25) is 0 Å². The Kier molecular flexibility index (Phi) is 6.07. The van der Waals surface area contributed by atoms with Gasteiger partial charge in [-0.1, -0.05) is 78.0 Å². The first-order valence-corrected chi connectivity index (χ1v) is 11.2. The van der Waals surface area contributed by atoms with Crippen molar-refractivity contribution in [3.8, 4) is 0 Å². The molecule has 2 N–H and O–H groups in total. The van der Waals surface area contributed by atoms with Gasteiger partial charge in [0.05, 0.1) is 5.69 Å². The van der Waals surface area contributed by atoms with E-state index in [1.807, 2.05) is 12.1 Å². The highest BCUT2D eigenvalue weighted by atomic mass is 32.1. The number of aliphatic hydroxyl groups is 1. The van der Waals surface area contributed by atoms with Crippen LogP contribution >= 0.6 is 11.3 Å². The molecular weight excluding hydrogens is 376 g/mol. The van der Waals surface area contributed by atoms with Crippen molar-refractivity contribution < 1.29 is 5.11 Å². The summed E-state index contributed by atoms with van der Waals surface area (Å²) in [6.07, 6.45) is 4.86. The Hall–Kier alpha value is -1.91. The quantitative estimate of drug-likeness (QED) is 0.588. The minimum atomic E-state index is -0.226. The fraction of sp³-hybridized carbons (Fsp3) is 0.480. The van der Waals surface area contributed by atoms with Crippen LogP contribution in [0, 0.1) is 10.8 Å². The van der Waals surface area contributed by atoms with Crippen molar-refractivity contribution in [2.45, 2.75) is 66.5 Å². The fourth-order valence-corrected chi connectivity index (χ4v) is 4.83. The smallest absolute Gasteiger partial charge is 0.115 e. The number of hydrogen-bond acceptors (Lipinski definition) is 4. The van der Waals surface area contributed by atoms with Gasteiger partial charge in [0.1, 0.15) is 10.8 Å². The van der Waals surface area contributed by atoms with E-state index in [1.54, 1.807) is 11.3 Å². The number of hydrogen-bond donors (Lipinski definition) is 2. The Morgan fingerprint density at radius 2 is 1.76 bits per heavy atom. The van der Waals surface area contributed by atoms with Gasteiger partial charge in [0.15, 0.2) is 0 Å². The third kappa shape index (κ3) is 4.65. The zero-order valence-corrected chi connectivity index (χ0v) is 19.4. The van der Waals surface area contributed by atoms with Crippen LogP contribution in [-0.2, 0) is 18.5 Å². The molecule has 4 heteroatoms. The van der Waals surface area contributed by atoms with Crippen LogP contribution in [0.15, 0.2) is 59.2 Å². The maximum Gasteiger partial charge on any atom is 0.115 e. The predicted molar refractivity (Wildman–Crippen MR) is 123 cm³/mol. The Bertz CT molecular complexity index is 897. The molecular formula is C25H34N2OS. The van der Waals surface area contributed by atoms with Gasteiger partial charge in [-0.3, -0.25) is 0 Å². The van der Waals surface area contributed by atoms with E-state index in [0.717, 1.165) is 35.8 Å². The van der Waals surface area contributed by atoms with Crippen LogP contribution in [0.4, 0.5) is 0 Å². The molecule has 3 rings (SSSR count). The third-order valence-corrected chi connectivity index (χ3v) is 6.84. The first-order chi connectivity index (χ1) is 13.5. The van der Waals surface area contributed by atoms with Gasteiger partial charge in [-0.2, -0.15) is 0 Å². The summed E-state index contributed by atoms with van der Waals surface area (Å²) in [6.45, 7) is 14.9. The van der Waals surface area contributed by atoms with E-state index in [-0.39, 0.29) is 16.2 Å². The van der Waals surface area contributed by atoms with Gasteiger partial charge < -0.3 is 10.4 Å². The molecule has 1 heterocycles. The number of benzene rings is 1. The van der Waals surface area contributed by atoms with E-state index in [0.29, 0.717) is 5.76 Å². The molecule has 0 fully saturated rings. The molecule has 1 atom stereocenters. The minimum absolute atomic E-state index is 0.0243. The summed E-state index contributed by atoms with van der Waals surface area (Å²) in [5.74, 6) is 0.414. The standard InChI is InChI=1S/C25H34N2OS/c1-23(2,3)19-14-25(24(4,5)6,13-12-20(19)28)21-17-29-22(27-21)16-26-15-18-10-8-7-9-11-18/h7-13,17,26,28H,14-16H2,1-6H3. The molecule has 0 saturated heterocycles. The number of allylic oxidation sites excluding steroid dienone is 3. The maximum atomic E-state index is 10.5. The largest absolute Gasteiger partial charge is 0.508 e. The molecule has 0 bridgehead atoms. The van der Waals surface area contributed by atoms with E-state index < -0.39 is 0 Å². The van der Waals surface area contributed by atoms with Crippen molar-refractivity contribution >= 4 is 11.3 Å². The molecule has 0 spiro atoms. The SMILES string of the molecule is CC(C)(C)C1=C(O)C=CC(c2csc(CNCc3ccccc3)n2)(C(C)(C)C)C1. The Labute approximate surface area is 179 Å². The van der Waals surface area contributed by atoms with Gasteiger partial charge in [-0.15, -0.1) is 11.3 Å². The Morgan fingerprint density at radius 3 is 2.38 bits per heavy atom. The van der Waals surface area contributed by atoms with Crippen LogP contribution in [-0.4, -0.2) is 10.1 Å². The molecule has 0 saturated carbocycles. The second-order valence-electron chi connectivity index (χ2n) is 10.1. The number of nitrogens with zero attached hydrogens (tertiary/aromatic N) is 1. The lowest BCUT2D eigenvalue weighted by Crippen LogP contribution is -2.42. The Balaban J connectivity index is 1.82. The summed E-state index contributed by atoms with van der Waals surface area (Å²) in [7, 11) is 0. The van der Waals surface area contributed by atoms with Crippen LogP contribution in [0.3, 0.4) is 0 Å². The average molecular weight is 411 g/mol. The molecule has 1 aliphatic carbocycles. The van der Waals surface area contributed by atoms with Gasteiger partial charge in [0.25, 0.3) is 0 Å². The lowest BCUT2D eigenvalue weighted by molar-refractivity contribution is 0.209. The highest BCUT2D eigenvalue weighted by Crippen LogP contribution is 2.52. The first kappa shape index (κ1) is 21.8. The first-order valence-electron chi connectivity index (χ1n) is 10.3. The predicted octanol–water partition coefficient (Wildman–Crippen LogP) is 6.53. The van der Waals surface area contributed by atoms with E-state index in [9.17, 15) is 5.11 Å². The van der Waals surface area contributed by atoms with Gasteiger partial charge in [-0.25, -0.2) is 4.98 Å². The summed E-state index contributed by atoms with van der Waals surface area (Å²) in [5.41, 5.74) is 3.16. The molecule has 156 valence electrons. The molecule has 1 aliphatic rings. The minimum Gasteiger partial charge on any atom is -0.508 e. The number of aliphatic hydroxyl groups excluding tert-OH is 1. The molecule has 0 radical (unpaired) electrons. The molecule has 29 heavy (non-hydrogen) atoms. The monoisotopic (exact) mass is 410 g/mol. The number of rotatable bonds is 5. The summed E-state index contributed by atoms with van der Waals surface area (Å²) < 4.78 is 0. The van der Waals surface area contributed by atoms with Crippen molar-refractivity contribution in [2.24, 2.45) is 10.8 Å². The molecule has 1 aromatic heterocycles. The average Bonchev–Trinajstić information content (AvgIpc) is 3.10. The third-order valence-electron chi connectivity index (χ3n) is 5.99. The fourth-order valence-electron chi connectivity index (χ4n) is 3.98. The van der Waals surface area contributed by atoms with E-state index in [4.69, 9.17) is 4.98 Å². The van der Waals surface area contributed by atoms with Crippen molar-refractivity contribution in [3.63, 3.8) is 0 Å². The molecule has 2 aromatic rings. The Morgan fingerprint density at radius 1 is 1.07 bits per heavy atom. The summed E-state index contributed by atoms with van der Waals surface area (Å²) in [5, 5.41) is 17.4. The maximum absolute atomic E-state index is 10.5. The van der Waals surface area contributed by atoms with E-state index in [2.05, 4.69) is 82.6 Å². The van der Waals surface area contributed by atoms with Crippen molar-refractivity contribution in [3.05, 3.63) is 75.5 Å². The van der Waals surface area contributed by atoms with Crippen LogP contribution in [0.2, 0.25) is 0 Å². The summed E-state index contributed by atoms with van der Waals surface area (Å²) in [6, 6.07) is 10.4. The summed E-state index contributed by atoms with van der Waals surface area (Å²) in [4.78, 5) is 5.05. The lowest BCUT2D eigenvalue weighted by atomic mass is 9.58. The molecule has 1 unspecified atom stereocenters. The van der Waals surface area contributed by atoms with Crippen LogP contribution < -0.4 is 5.32 Å². The highest BCUT2D eigenvalue weighted by Gasteiger charge is 2.47. The highest BCUT2D eigenvalue weighted by molar-refractivity contribution is 7.09. The van der Waals surface area contributed by atoms with E-state index >= 15 is 0 Å². The van der Waals surface area contributed by atoms with Crippen molar-refractivity contribution in [1.82, 2.24) is 10.3 Å². The molecule has 0 aliphatic heterocycles. The van der Waals surface area contributed by atoms with Crippen molar-refractivity contribution in [1.29, 1.82) is 0 Å². The lowest BCUT2D eigenvalue weighted by Gasteiger charge is -2.46. The van der Waals surface area contributed by atoms with E-state index in [1.165, 1.54) is 5.56 Å². The molecule has 3 nitrogen and oxygen atoms in total. The van der Waals surface area contributed by atoms with Gasteiger partial charge in [-0.05, 0) is 34.5 Å². The van der Waals surface area contributed by atoms with Crippen LogP contribution in [0.25, 0.3) is 0 Å². The van der Waals surface area contributed by atoms with Crippen LogP contribution in [0.5, 0.6) is 0 Å². The molecule has 0 amide bonds. The van der Waals surface area contributed by atoms with Crippen molar-refractivity contribution in [2.75, 3.05) is 0 Å². The second kappa shape index (κ2) is 8.08. The number of thiazole rings is 1. The van der Waals surface area contributed by atoms with Gasteiger partial charge in [0, 0.05) is 23.9 Å². The number of aromatic nitrogens is 1. The topological polar surface area (TPSA) is 45.1 Å². The second-order valence-corrected chi connectivity index (χ2v) is 11.0. The normalized spacial score (nSPS) is 20.3. The number of nitrogens with one attached hydrogen (secondary N) is 1. The van der Waals surface area contributed by atoms with Crippen LogP contribution in [0.1, 0.15) is 64.2 Å². The zero-order valence-electron chi connectivity index (χ0n) is 18.5. The summed E-state index contributed by atoms with van der Waals surface area (Å²) >= 11 is 1.72. The molecule has 1 aromatic carbocycles. The van der Waals surface area contributed by atoms with Gasteiger partial charge >= 0.3 is 0 Å².